The summed E-state index contributed by atoms with van der Waals surface area (Å²) in [6.45, 7) is 4.18. The fourth-order valence-corrected chi connectivity index (χ4v) is 1.43. The first-order valence-corrected chi connectivity index (χ1v) is 3.87. The summed E-state index contributed by atoms with van der Waals surface area (Å²) in [5, 5.41) is 0. The van der Waals surface area contributed by atoms with E-state index in [2.05, 4.69) is 38.1 Å². The van der Waals surface area contributed by atoms with Gasteiger partial charge in [-0.2, -0.15) is 11.6 Å². The van der Waals surface area contributed by atoms with Gasteiger partial charge in [0.05, 0.1) is 0 Å². The smallest absolute Gasteiger partial charge is 0 e. The Kier molecular flexibility index (Phi) is 17.6. The number of aryl methyl sites for hydroxylation is 1. The second kappa shape index (κ2) is 11.2. The monoisotopic (exact) mass is 498 g/mol. The van der Waals surface area contributed by atoms with Gasteiger partial charge in [-0.05, 0) is 0 Å². The zero-order chi connectivity index (χ0) is 7.84. The molecular weight excluding hydrogens is 488 g/mol. The second-order valence-electron chi connectivity index (χ2n) is 3.12. The Morgan fingerprint density at radius 1 is 1.00 bits per heavy atom. The van der Waals surface area contributed by atoms with Crippen LogP contribution in [0.2, 0.25) is 0 Å². The van der Waals surface area contributed by atoms with E-state index in [1.165, 1.54) is 22.3 Å². The third kappa shape index (κ3) is 6.91. The normalized spacial score (nSPS) is 10.7. The molecule has 1 aliphatic rings. The van der Waals surface area contributed by atoms with Crippen molar-refractivity contribution in [2.24, 2.45) is 0 Å². The number of allylic oxidation sites excluding steroid dienone is 1. The Hall–Kier alpha value is 3.38. The summed E-state index contributed by atoms with van der Waals surface area (Å²) >= 11 is 0. The molecule has 0 N–H and O–H groups in total. The molecule has 0 nitrogen and oxygen atoms in total. The average Bonchev–Trinajstić information content (AvgIpc) is 2.27. The first-order chi connectivity index (χ1) is 5.25. The van der Waals surface area contributed by atoms with E-state index >= 15 is 0 Å². The van der Waals surface area contributed by atoms with E-state index < -0.39 is 0 Å². The van der Waals surface area contributed by atoms with Gasteiger partial charge in [0, 0.05) is 131 Å². The minimum absolute atomic E-state index is 0. The van der Waals surface area contributed by atoms with Gasteiger partial charge in [0.25, 0.3) is 0 Å². The Morgan fingerprint density at radius 2 is 1.60 bits per heavy atom. The van der Waals surface area contributed by atoms with Crippen LogP contribution in [0.5, 0.6) is 0 Å². The zero-order valence-electron chi connectivity index (χ0n) is 9.17. The second-order valence-corrected chi connectivity index (χ2v) is 3.12. The largest absolute Gasteiger partial charge is 0.379 e. The van der Waals surface area contributed by atoms with Crippen molar-refractivity contribution in [3.63, 3.8) is 0 Å². The van der Waals surface area contributed by atoms with Gasteiger partial charge in [-0.25, -0.2) is 5.57 Å². The minimum atomic E-state index is 0. The summed E-state index contributed by atoms with van der Waals surface area (Å²) in [6.07, 6.45) is 4.36. The number of hydrogen-bond acceptors (Lipinski definition) is 0. The Bertz CT molecular complexity index is 331. The molecule has 0 saturated carbocycles. The fraction of sp³-hybridized carbons (Fsp3) is 0.273. The fourth-order valence-electron chi connectivity index (χ4n) is 1.43. The topological polar surface area (TPSA) is 0 Å². The maximum atomic E-state index is 3.30. The van der Waals surface area contributed by atoms with Crippen LogP contribution in [0.3, 0.4) is 0 Å². The van der Waals surface area contributed by atoms with Crippen molar-refractivity contribution in [2.45, 2.75) is 20.3 Å². The van der Waals surface area contributed by atoms with E-state index in [-0.39, 0.29) is 131 Å². The maximum Gasteiger partial charge on any atom is 0 e. The van der Waals surface area contributed by atoms with Crippen molar-refractivity contribution in [1.82, 2.24) is 0 Å². The van der Waals surface area contributed by atoms with E-state index in [4.69, 9.17) is 0 Å². The van der Waals surface area contributed by atoms with Crippen molar-refractivity contribution in [3.8, 4) is 0 Å². The van der Waals surface area contributed by atoms with Crippen molar-refractivity contribution in [1.29, 1.82) is 0 Å². The van der Waals surface area contributed by atoms with Gasteiger partial charge in [0.15, 0.2) is 0 Å². The molecule has 4 heteroatoms. The molecule has 0 heterocycles. The minimum Gasteiger partial charge on any atom is -0.379 e. The van der Waals surface area contributed by atoms with E-state index in [0.717, 1.165) is 6.42 Å². The molecule has 0 aromatic heterocycles. The van der Waals surface area contributed by atoms with Crippen LogP contribution in [0.25, 0.3) is 0 Å². The quantitative estimate of drug-likeness (QED) is 0.483. The summed E-state index contributed by atoms with van der Waals surface area (Å²) in [5.74, 6) is 0. The molecule has 2 rings (SSSR count). The van der Waals surface area contributed by atoms with Crippen LogP contribution in [0.15, 0.2) is 17.7 Å². The first-order valence-electron chi connectivity index (χ1n) is 3.87. The van der Waals surface area contributed by atoms with Crippen molar-refractivity contribution in [3.05, 3.63) is 46.5 Å². The van der Waals surface area contributed by atoms with Crippen LogP contribution in [-0.2, 0) is 137 Å². The molecule has 0 unspecified atom stereocenters. The van der Waals surface area contributed by atoms with Crippen LogP contribution in [0, 0.1) is 19.1 Å². The summed E-state index contributed by atoms with van der Waals surface area (Å²) in [5.41, 5.74) is 5.06. The molecule has 15 heavy (non-hydrogen) atoms. The molecule has 0 amide bonds. The van der Waals surface area contributed by atoms with Gasteiger partial charge < -0.3 is 17.7 Å². The third-order valence-electron chi connectivity index (χ3n) is 1.97. The molecule has 1 aromatic rings. The van der Waals surface area contributed by atoms with Gasteiger partial charge in [-0.1, -0.05) is 13.8 Å². The summed E-state index contributed by atoms with van der Waals surface area (Å²) in [6, 6.07) is 7.57. The Balaban J connectivity index is -0.000000360. The van der Waals surface area contributed by atoms with Gasteiger partial charge in [0.1, 0.15) is 0 Å². The standard InChI is InChI=1S/C11H10.4Y/c1-8-3-4-10-6-9(2)7-11(10)5-8;;;;/h3-4H,6H2,1-2H3;;;;/q-2;;;;. The molecule has 4 radical (unpaired) electrons. The van der Waals surface area contributed by atoms with E-state index in [1.807, 2.05) is 0 Å². The maximum absolute atomic E-state index is 3.30. The van der Waals surface area contributed by atoms with E-state index in [9.17, 15) is 0 Å². The van der Waals surface area contributed by atoms with Crippen LogP contribution in [0.1, 0.15) is 23.6 Å². The Labute approximate surface area is 193 Å². The van der Waals surface area contributed by atoms with Gasteiger partial charge in [-0.15, -0.1) is 12.5 Å². The number of fused-ring (bicyclic) bond motifs is 1. The zero-order valence-corrected chi connectivity index (χ0v) is 20.5. The summed E-state index contributed by atoms with van der Waals surface area (Å²) in [7, 11) is 0. The number of benzene rings is 1. The third-order valence-corrected chi connectivity index (χ3v) is 1.97. The molecule has 0 fully saturated rings. The molecule has 1 aromatic carbocycles. The molecular formula is C11H10Y4-2. The van der Waals surface area contributed by atoms with Crippen molar-refractivity contribution >= 4 is 0 Å². The predicted octanol–water partition coefficient (Wildman–Crippen LogP) is 2.44. The van der Waals surface area contributed by atoms with Crippen LogP contribution >= 0.6 is 0 Å². The summed E-state index contributed by atoms with van der Waals surface area (Å²) < 4.78 is 0. The van der Waals surface area contributed by atoms with E-state index in [0.29, 0.717) is 0 Å². The van der Waals surface area contributed by atoms with E-state index in [1.54, 1.807) is 0 Å². The molecule has 1 aliphatic carbocycles. The average molecular weight is 498 g/mol. The number of rotatable bonds is 0. The van der Waals surface area contributed by atoms with Gasteiger partial charge in [0.2, 0.25) is 0 Å². The van der Waals surface area contributed by atoms with Crippen LogP contribution in [-0.4, -0.2) is 0 Å². The number of hydrogen-bond donors (Lipinski definition) is 0. The molecule has 0 saturated heterocycles. The van der Waals surface area contributed by atoms with Crippen LogP contribution in [0.4, 0.5) is 0 Å². The van der Waals surface area contributed by atoms with Crippen molar-refractivity contribution in [2.75, 3.05) is 0 Å². The van der Waals surface area contributed by atoms with Gasteiger partial charge in [-0.3, -0.25) is 5.56 Å². The Morgan fingerprint density at radius 3 is 2.20 bits per heavy atom. The first kappa shape index (κ1) is 23.5. The van der Waals surface area contributed by atoms with Gasteiger partial charge >= 0.3 is 0 Å². The molecule has 0 aliphatic heterocycles. The SMILES string of the molecule is CC1=[C-]c2[c-]c(C)ccc2C1.[Y].[Y].[Y].[Y]. The summed E-state index contributed by atoms with van der Waals surface area (Å²) in [4.78, 5) is 0. The van der Waals surface area contributed by atoms with Crippen LogP contribution < -0.4 is 0 Å². The molecule has 0 spiro atoms. The molecule has 68 valence electrons. The molecule has 0 atom stereocenters. The predicted molar refractivity (Wildman–Crippen MR) is 45.3 cm³/mol. The molecule has 0 bridgehead atoms. The van der Waals surface area contributed by atoms with Crippen molar-refractivity contribution < 1.29 is 131 Å².